The zero-order chi connectivity index (χ0) is 24.0. The zero-order valence-corrected chi connectivity index (χ0v) is 20.5. The molecule has 1 amide bonds. The van der Waals surface area contributed by atoms with Crippen LogP contribution in [0.4, 0.5) is 5.69 Å². The van der Waals surface area contributed by atoms with Crippen molar-refractivity contribution in [1.29, 1.82) is 0 Å². The van der Waals surface area contributed by atoms with Gasteiger partial charge in [0, 0.05) is 18.8 Å². The molecule has 0 atom stereocenters. The van der Waals surface area contributed by atoms with Crippen molar-refractivity contribution in [3.05, 3.63) is 48.0 Å². The predicted molar refractivity (Wildman–Crippen MR) is 127 cm³/mol. The highest BCUT2D eigenvalue weighted by Gasteiger charge is 2.24. The Balaban J connectivity index is 1.67. The Hall–Kier alpha value is -2.89. The summed E-state index contributed by atoms with van der Waals surface area (Å²) in [5.74, 6) is 0.581. The molecule has 1 heterocycles. The Morgan fingerprint density at radius 2 is 1.88 bits per heavy atom. The molecule has 0 unspecified atom stereocenters. The van der Waals surface area contributed by atoms with Crippen LogP contribution in [0, 0.1) is 6.92 Å². The van der Waals surface area contributed by atoms with Crippen LogP contribution in [0.5, 0.6) is 5.75 Å². The number of nitrogens with one attached hydrogen (secondary N) is 1. The van der Waals surface area contributed by atoms with Gasteiger partial charge in [-0.1, -0.05) is 43.8 Å². The molecule has 3 aromatic rings. The van der Waals surface area contributed by atoms with Crippen LogP contribution in [0.25, 0.3) is 11.5 Å². The Morgan fingerprint density at radius 1 is 1.15 bits per heavy atom. The van der Waals surface area contributed by atoms with Gasteiger partial charge in [-0.3, -0.25) is 4.79 Å². The molecule has 0 aliphatic rings. The summed E-state index contributed by atoms with van der Waals surface area (Å²) in [5, 5.41) is 11.0. The fraction of sp³-hybridized carbons (Fsp3) is 0.318. The first-order chi connectivity index (χ1) is 15.8. The van der Waals surface area contributed by atoms with Gasteiger partial charge in [0.05, 0.1) is 23.3 Å². The second-order valence-corrected chi connectivity index (χ2v) is 9.81. The molecular weight excluding hydrogens is 464 g/mol. The van der Waals surface area contributed by atoms with E-state index in [0.717, 1.165) is 11.8 Å². The minimum absolute atomic E-state index is 0.0135. The Bertz CT molecular complexity index is 1220. The van der Waals surface area contributed by atoms with Gasteiger partial charge in [-0.25, -0.2) is 8.42 Å². The molecule has 0 saturated carbocycles. The third-order valence-corrected chi connectivity index (χ3v) is 7.88. The van der Waals surface area contributed by atoms with Crippen molar-refractivity contribution in [2.45, 2.75) is 30.9 Å². The first-order valence-electron chi connectivity index (χ1n) is 10.3. The first kappa shape index (κ1) is 24.7. The maximum Gasteiger partial charge on any atom is 0.277 e. The van der Waals surface area contributed by atoms with Gasteiger partial charge in [-0.05, 0) is 36.8 Å². The standard InChI is InChI=1S/C22H26N4O5S2/c1-5-26(6-2)33(28,29)19-13-16(12-11-15(19)3)23-20(27)14-32-22-25-24-21(31-22)17-9-7-8-10-18(17)30-4/h7-13H,5-6,14H2,1-4H3,(H,23,27). The molecule has 176 valence electrons. The number of benzene rings is 2. The topological polar surface area (TPSA) is 115 Å². The lowest BCUT2D eigenvalue weighted by molar-refractivity contribution is -0.113. The van der Waals surface area contributed by atoms with E-state index in [9.17, 15) is 13.2 Å². The van der Waals surface area contributed by atoms with Crippen LogP contribution in [0.1, 0.15) is 19.4 Å². The van der Waals surface area contributed by atoms with Crippen molar-refractivity contribution >= 4 is 33.4 Å². The number of rotatable bonds is 10. The second kappa shape index (κ2) is 10.8. The number of thioether (sulfide) groups is 1. The Labute approximate surface area is 197 Å². The van der Waals surface area contributed by atoms with Gasteiger partial charge >= 0.3 is 0 Å². The van der Waals surface area contributed by atoms with E-state index in [2.05, 4.69) is 15.5 Å². The Kier molecular flexibility index (Phi) is 8.11. The number of carbonyl (C=O) groups is 1. The van der Waals surface area contributed by atoms with Crippen LogP contribution in [0.2, 0.25) is 0 Å². The summed E-state index contributed by atoms with van der Waals surface area (Å²) in [6.07, 6.45) is 0. The van der Waals surface area contributed by atoms with E-state index in [1.807, 2.05) is 12.1 Å². The maximum absolute atomic E-state index is 12.9. The minimum atomic E-state index is -3.64. The summed E-state index contributed by atoms with van der Waals surface area (Å²) in [5.41, 5.74) is 1.67. The van der Waals surface area contributed by atoms with Gasteiger partial charge in [0.1, 0.15) is 5.75 Å². The van der Waals surface area contributed by atoms with E-state index in [4.69, 9.17) is 9.15 Å². The van der Waals surface area contributed by atoms with Gasteiger partial charge in [0.2, 0.25) is 15.9 Å². The van der Waals surface area contributed by atoms with Crippen molar-refractivity contribution in [2.24, 2.45) is 0 Å². The number of sulfonamides is 1. The van der Waals surface area contributed by atoms with Gasteiger partial charge in [0.15, 0.2) is 0 Å². The molecule has 0 aliphatic carbocycles. The Morgan fingerprint density at radius 3 is 2.58 bits per heavy atom. The van der Waals surface area contributed by atoms with Crippen LogP contribution in [0.15, 0.2) is 57.0 Å². The van der Waals surface area contributed by atoms with Crippen molar-refractivity contribution in [2.75, 3.05) is 31.3 Å². The van der Waals surface area contributed by atoms with Crippen molar-refractivity contribution in [3.63, 3.8) is 0 Å². The lowest BCUT2D eigenvalue weighted by atomic mass is 10.2. The smallest absolute Gasteiger partial charge is 0.277 e. The molecule has 1 aromatic heterocycles. The quantitative estimate of drug-likeness (QED) is 0.427. The summed E-state index contributed by atoms with van der Waals surface area (Å²) in [4.78, 5) is 12.6. The molecule has 9 nitrogen and oxygen atoms in total. The third kappa shape index (κ3) is 5.73. The highest BCUT2D eigenvalue weighted by molar-refractivity contribution is 7.99. The summed E-state index contributed by atoms with van der Waals surface area (Å²) in [6.45, 7) is 6.04. The summed E-state index contributed by atoms with van der Waals surface area (Å²) < 4.78 is 38.1. The number of ether oxygens (including phenoxy) is 1. The summed E-state index contributed by atoms with van der Waals surface area (Å²) >= 11 is 1.08. The zero-order valence-electron chi connectivity index (χ0n) is 18.9. The maximum atomic E-state index is 12.9. The molecule has 0 saturated heterocycles. The van der Waals surface area contributed by atoms with E-state index in [1.165, 1.54) is 10.4 Å². The molecule has 0 fully saturated rings. The number of hydrogen-bond donors (Lipinski definition) is 1. The highest BCUT2D eigenvalue weighted by Crippen LogP contribution is 2.30. The lowest BCUT2D eigenvalue weighted by Crippen LogP contribution is -2.31. The van der Waals surface area contributed by atoms with E-state index >= 15 is 0 Å². The molecule has 0 spiro atoms. The molecule has 1 N–H and O–H groups in total. The minimum Gasteiger partial charge on any atom is -0.496 e. The number of anilines is 1. The van der Waals surface area contributed by atoms with Crippen LogP contribution >= 0.6 is 11.8 Å². The molecule has 2 aromatic carbocycles. The van der Waals surface area contributed by atoms with E-state index < -0.39 is 10.0 Å². The average Bonchev–Trinajstić information content (AvgIpc) is 3.28. The van der Waals surface area contributed by atoms with Crippen LogP contribution in [-0.2, 0) is 14.8 Å². The summed E-state index contributed by atoms with van der Waals surface area (Å²) in [6, 6.07) is 12.1. The number of nitrogens with zero attached hydrogens (tertiary/aromatic N) is 3. The van der Waals surface area contributed by atoms with Crippen LogP contribution < -0.4 is 10.1 Å². The third-order valence-electron chi connectivity index (χ3n) is 4.87. The van der Waals surface area contributed by atoms with Crippen molar-refractivity contribution in [3.8, 4) is 17.2 Å². The lowest BCUT2D eigenvalue weighted by Gasteiger charge is -2.20. The van der Waals surface area contributed by atoms with Crippen LogP contribution in [0.3, 0.4) is 0 Å². The normalized spacial score (nSPS) is 11.5. The van der Waals surface area contributed by atoms with Gasteiger partial charge in [-0.15, -0.1) is 10.2 Å². The molecule has 3 rings (SSSR count). The van der Waals surface area contributed by atoms with Crippen molar-refractivity contribution in [1.82, 2.24) is 14.5 Å². The average molecular weight is 491 g/mol. The first-order valence-corrected chi connectivity index (χ1v) is 12.7. The number of amides is 1. The largest absolute Gasteiger partial charge is 0.496 e. The van der Waals surface area contributed by atoms with Gasteiger partial charge in [0.25, 0.3) is 11.1 Å². The predicted octanol–water partition coefficient (Wildman–Crippen LogP) is 3.81. The van der Waals surface area contributed by atoms with E-state index in [1.54, 1.807) is 52.1 Å². The fourth-order valence-electron chi connectivity index (χ4n) is 3.18. The molecule has 0 radical (unpaired) electrons. The number of methoxy groups -OCH3 is 1. The monoisotopic (exact) mass is 490 g/mol. The summed E-state index contributed by atoms with van der Waals surface area (Å²) in [7, 11) is -2.09. The van der Waals surface area contributed by atoms with Crippen LogP contribution in [-0.4, -0.2) is 54.8 Å². The highest BCUT2D eigenvalue weighted by atomic mass is 32.2. The number of aryl methyl sites for hydroxylation is 1. The molecular formula is C22H26N4O5S2. The molecule has 0 aliphatic heterocycles. The number of aromatic nitrogens is 2. The SMILES string of the molecule is CCN(CC)S(=O)(=O)c1cc(NC(=O)CSc2nnc(-c3ccccc3OC)o2)ccc1C. The van der Waals surface area contributed by atoms with E-state index in [-0.39, 0.29) is 21.8 Å². The molecule has 33 heavy (non-hydrogen) atoms. The van der Waals surface area contributed by atoms with E-state index in [0.29, 0.717) is 41.5 Å². The molecule has 0 bridgehead atoms. The van der Waals surface area contributed by atoms with Gasteiger partial charge in [-0.2, -0.15) is 4.31 Å². The van der Waals surface area contributed by atoms with Crippen molar-refractivity contribution < 1.29 is 22.4 Å². The van der Waals surface area contributed by atoms with Gasteiger partial charge < -0.3 is 14.5 Å². The second-order valence-electron chi connectivity index (χ2n) is 6.98. The molecule has 11 heteroatoms. The fourth-order valence-corrected chi connectivity index (χ4v) is 5.45. The number of carbonyl (C=O) groups excluding carboxylic acids is 1. The number of hydrogen-bond acceptors (Lipinski definition) is 8. The number of para-hydroxylation sites is 1.